The van der Waals surface area contributed by atoms with Crippen molar-refractivity contribution in [2.75, 3.05) is 227 Å². The van der Waals surface area contributed by atoms with Crippen molar-refractivity contribution < 1.29 is 73.0 Å². The van der Waals surface area contributed by atoms with Gasteiger partial charge in [0.25, 0.3) is 25.7 Å². The maximum absolute atomic E-state index is 13.7. The van der Waals surface area contributed by atoms with E-state index < -0.39 is 37.1 Å². The number of aromatic nitrogens is 18. The second-order valence-corrected chi connectivity index (χ2v) is 29.3. The largest absolute Gasteiger partial charge is 0.384 e. The van der Waals surface area contributed by atoms with Gasteiger partial charge in [-0.25, -0.2) is 65.0 Å². The average Bonchev–Trinajstić information content (AvgIpc) is 1.55. The van der Waals surface area contributed by atoms with Crippen molar-refractivity contribution in [3.8, 4) is 45.6 Å². The fraction of sp³-hybridized carbons (Fsp3) is 0.589. The Hall–Kier alpha value is -10.8. The van der Waals surface area contributed by atoms with Gasteiger partial charge in [0.05, 0.1) is 159 Å². The number of halogens is 8. The number of nitrogens with two attached hydrogens (primary N) is 4. The van der Waals surface area contributed by atoms with E-state index in [0.29, 0.717) is 212 Å². The van der Waals surface area contributed by atoms with Gasteiger partial charge in [0.15, 0.2) is 23.3 Å². The van der Waals surface area contributed by atoms with Gasteiger partial charge in [0.1, 0.15) is 23.0 Å². The fourth-order valence-corrected chi connectivity index (χ4v) is 14.7. The molecule has 8 aromatic heterocycles. The summed E-state index contributed by atoms with van der Waals surface area (Å²) in [6.07, 6.45) is -4.12. The molecule has 0 amide bonds. The first-order valence-corrected chi connectivity index (χ1v) is 39.2. The first-order chi connectivity index (χ1) is 57.5. The fourth-order valence-electron chi connectivity index (χ4n) is 14.7. The molecule has 0 radical (unpaired) electrons. The van der Waals surface area contributed by atoms with Crippen molar-refractivity contribution in [2.24, 2.45) is 0 Å². The summed E-state index contributed by atoms with van der Waals surface area (Å²) >= 11 is 0. The highest BCUT2D eigenvalue weighted by molar-refractivity contribution is 5.68. The maximum atomic E-state index is 13.7. The molecule has 7 atom stereocenters. The minimum atomic E-state index is -2.85. The van der Waals surface area contributed by atoms with E-state index in [9.17, 15) is 35.1 Å². The normalized spacial score (nSPS) is 22.4. The first-order valence-electron chi connectivity index (χ1n) is 39.2. The maximum Gasteiger partial charge on any atom is 0.281 e. The molecule has 9 saturated heterocycles. The molecule has 17 rings (SSSR count). The van der Waals surface area contributed by atoms with E-state index in [0.717, 1.165) is 25.0 Å². The lowest BCUT2D eigenvalue weighted by Gasteiger charge is -2.36. The van der Waals surface area contributed by atoms with E-state index in [2.05, 4.69) is 89.6 Å². The Labute approximate surface area is 678 Å². The molecular weight excluding hydrogens is 1580 g/mol. The van der Waals surface area contributed by atoms with E-state index in [4.69, 9.17) is 65.8 Å². The SMILES string of the molecule is C[C@H]1COCCN1c1nc(-c2cnc(N)cc2C(F)F)nc(N2CCOCC2)n1.C[C@H]1COCCN1c1nc(-c2cnc(N)cc2C(F)F)nc(N2CCOC[C@@H]2C)n1.C[C@H]1COCCN1c1nc(-c2cnc(N)nc2C(F)F)nc(N2CCOC[C@@H]2C)n1.Nc1ncc(-c2nc(N3CCOCC3)nc(N3C4CCC3COC4)n2)c(C(F)F)n1. The Bertz CT molecular complexity index is 4440. The van der Waals surface area contributed by atoms with Gasteiger partial charge in [-0.1, -0.05) is 0 Å². The molecular formula is C73H94F8N30O8. The van der Waals surface area contributed by atoms with Crippen LogP contribution in [0.15, 0.2) is 36.9 Å². The molecule has 17 heterocycles. The summed E-state index contributed by atoms with van der Waals surface area (Å²) in [6, 6.07) is 2.85. The van der Waals surface area contributed by atoms with E-state index in [-0.39, 0.29) is 123 Å². The monoisotopic (exact) mass is 1670 g/mol. The smallest absolute Gasteiger partial charge is 0.281 e. The Kier molecular flexibility index (Phi) is 27.4. The van der Waals surface area contributed by atoms with Gasteiger partial charge in [-0.05, 0) is 59.6 Å². The predicted octanol–water partition coefficient (Wildman–Crippen LogP) is 5.77. The van der Waals surface area contributed by atoms with Gasteiger partial charge in [-0.3, -0.25) is 0 Å². The zero-order valence-corrected chi connectivity index (χ0v) is 66.1. The molecule has 640 valence electrons. The number of hydrogen-bond acceptors (Lipinski definition) is 38. The number of pyridine rings is 2. The van der Waals surface area contributed by atoms with Gasteiger partial charge in [-0.15, -0.1) is 0 Å². The van der Waals surface area contributed by atoms with Gasteiger partial charge in [-0.2, -0.15) is 59.8 Å². The number of ether oxygens (including phenoxy) is 8. The first kappa shape index (κ1) is 84.7. The zero-order valence-electron chi connectivity index (χ0n) is 66.1. The number of alkyl halides is 8. The molecule has 38 nitrogen and oxygen atoms in total. The molecule has 8 N–H and O–H groups in total. The molecule has 0 spiro atoms. The van der Waals surface area contributed by atoms with Gasteiger partial charge in [0.2, 0.25) is 59.5 Å². The third-order valence-corrected chi connectivity index (χ3v) is 21.1. The highest BCUT2D eigenvalue weighted by Gasteiger charge is 2.41. The van der Waals surface area contributed by atoms with Gasteiger partial charge < -0.3 is 100 Å². The van der Waals surface area contributed by atoms with Crippen LogP contribution < -0.4 is 62.1 Å². The Morgan fingerprint density at radius 3 is 0.891 bits per heavy atom. The van der Waals surface area contributed by atoms with Crippen molar-refractivity contribution in [2.45, 2.75) is 115 Å². The summed E-state index contributed by atoms with van der Waals surface area (Å²) in [5, 5.41) is 0. The van der Waals surface area contributed by atoms with Crippen LogP contribution in [-0.2, 0) is 37.9 Å². The Morgan fingerprint density at radius 2 is 0.580 bits per heavy atom. The summed E-state index contributed by atoms with van der Waals surface area (Å²) in [5.74, 6) is 3.53. The van der Waals surface area contributed by atoms with Crippen molar-refractivity contribution in [3.63, 3.8) is 0 Å². The molecule has 2 bridgehead atoms. The third-order valence-electron chi connectivity index (χ3n) is 21.1. The van der Waals surface area contributed by atoms with Crippen LogP contribution in [0.4, 0.5) is 106 Å². The van der Waals surface area contributed by atoms with Crippen LogP contribution in [0.2, 0.25) is 0 Å². The molecule has 9 aliphatic rings. The number of nitrogens with zero attached hydrogens (tertiary/aromatic N) is 26. The number of morpholine rings is 8. The zero-order chi connectivity index (χ0) is 83.5. The number of fused-ring (bicyclic) bond motifs is 2. The number of nitrogen functional groups attached to an aromatic ring is 4. The summed E-state index contributed by atoms with van der Waals surface area (Å²) in [5.41, 5.74) is 21.2. The summed E-state index contributed by atoms with van der Waals surface area (Å²) in [7, 11) is 0. The molecule has 2 unspecified atom stereocenters. The summed E-state index contributed by atoms with van der Waals surface area (Å²) in [6.45, 7) is 24.2. The molecule has 9 aliphatic heterocycles. The third kappa shape index (κ3) is 20.1. The quantitative estimate of drug-likeness (QED) is 0.0834. The lowest BCUT2D eigenvalue weighted by Crippen LogP contribution is -2.47. The molecule has 0 aromatic carbocycles. The summed E-state index contributed by atoms with van der Waals surface area (Å²) in [4.78, 5) is 94.1. The molecule has 0 saturated carbocycles. The van der Waals surface area contributed by atoms with Crippen LogP contribution in [0.5, 0.6) is 0 Å². The minimum absolute atomic E-state index is 0.0205. The van der Waals surface area contributed by atoms with Crippen LogP contribution >= 0.6 is 0 Å². The molecule has 9 fully saturated rings. The van der Waals surface area contributed by atoms with Crippen molar-refractivity contribution in [1.82, 2.24) is 89.7 Å². The minimum Gasteiger partial charge on any atom is -0.384 e. The van der Waals surface area contributed by atoms with Crippen molar-refractivity contribution in [1.29, 1.82) is 0 Å². The van der Waals surface area contributed by atoms with Crippen LogP contribution in [0, 0.1) is 0 Å². The Morgan fingerprint density at radius 1 is 0.303 bits per heavy atom. The van der Waals surface area contributed by atoms with E-state index in [1.165, 1.54) is 24.8 Å². The van der Waals surface area contributed by atoms with Crippen LogP contribution in [0.3, 0.4) is 0 Å². The highest BCUT2D eigenvalue weighted by Crippen LogP contribution is 2.39. The van der Waals surface area contributed by atoms with Crippen LogP contribution in [0.25, 0.3) is 45.6 Å². The van der Waals surface area contributed by atoms with Crippen LogP contribution in [0.1, 0.15) is 95.7 Å². The number of anilines is 12. The van der Waals surface area contributed by atoms with Gasteiger partial charge >= 0.3 is 0 Å². The standard InChI is InChI=1S/C19H25F2N7O2.C18H22F2N8O2.C18H24F2N8O2.C18H23F2N7O2/c1-11-9-29-5-3-27(11)18-24-17(14-8-23-15(22)7-13(14)16(20)21)25-19(26-18)28-4-6-30-10-12(28)2;19-14(20)13-12(7-22-16(21)23-13)15-24-17(27-3-5-29-6-4-27)26-18(25-15)28-10-1-2-11(28)9-30-8-10;1-10-8-29-5-3-27(10)17-24-15(12-7-22-16(21)23-13(12)14(19)20)25-18(26-17)28-4-6-30-9-11(28)2;1-11-10-29-7-4-27(11)18-24-16(13-9-22-14(21)8-12(13)15(19)20)23-17(25-18)26-2-5-28-6-3-26/h7-8,11-12,16H,3-6,9-10H2,1-2H3,(H2,22,23);7,10-11,14H,1-6,8-9H2,(H2,21,22,23);7,10-11,14H,3-6,8-9H2,1-2H3,(H2,21,22,23);8-9,11,15H,2-7,10H2,1H3,(H2,21,22)/t11-,12-;;10-,11-;11-/m0.00/s1. The summed E-state index contributed by atoms with van der Waals surface area (Å²) < 4.78 is 153. The molecule has 8 aromatic rings. The number of rotatable bonds is 16. The second-order valence-electron chi connectivity index (χ2n) is 29.3. The molecule has 46 heteroatoms. The van der Waals surface area contributed by atoms with Gasteiger partial charge in [0, 0.05) is 106 Å². The van der Waals surface area contributed by atoms with Crippen LogP contribution in [-0.4, -0.2) is 297 Å². The van der Waals surface area contributed by atoms with E-state index in [1.54, 1.807) is 0 Å². The second kappa shape index (κ2) is 38.5. The lowest BCUT2D eigenvalue weighted by molar-refractivity contribution is 0.0897. The topological polar surface area (TPSA) is 436 Å². The number of hydrogen-bond donors (Lipinski definition) is 4. The molecule has 119 heavy (non-hydrogen) atoms. The van der Waals surface area contributed by atoms with E-state index in [1.807, 2.05) is 68.9 Å². The van der Waals surface area contributed by atoms with Crippen molar-refractivity contribution >= 4 is 71.1 Å². The van der Waals surface area contributed by atoms with E-state index >= 15 is 0 Å². The molecule has 0 aliphatic carbocycles. The highest BCUT2D eigenvalue weighted by atomic mass is 19.3. The van der Waals surface area contributed by atoms with Crippen molar-refractivity contribution in [3.05, 3.63) is 59.4 Å². The predicted molar refractivity (Wildman–Crippen MR) is 420 cm³/mol. The Balaban J connectivity index is 0.000000130. The lowest BCUT2D eigenvalue weighted by atomic mass is 10.1. The average molecular weight is 1670 g/mol.